The third-order valence-electron chi connectivity index (χ3n) is 4.66. The molecule has 0 unspecified atom stereocenters. The third kappa shape index (κ3) is 2.21. The van der Waals surface area contributed by atoms with Crippen LogP contribution in [0, 0.1) is 12.3 Å². The standard InChI is InChI=1S/C17H25N/c1-13-6-4-5-7-15(13)17(10-16(2,3)11-17)12-18-14-8-9-14/h4-7,14,18H,8-12H2,1-3H3. The molecule has 0 aliphatic heterocycles. The van der Waals surface area contributed by atoms with Gasteiger partial charge in [0.05, 0.1) is 0 Å². The first-order valence-corrected chi connectivity index (χ1v) is 7.30. The monoisotopic (exact) mass is 243 g/mol. The second-order valence-corrected chi connectivity index (χ2v) is 7.27. The van der Waals surface area contributed by atoms with Gasteiger partial charge in [-0.25, -0.2) is 0 Å². The van der Waals surface area contributed by atoms with E-state index >= 15 is 0 Å². The van der Waals surface area contributed by atoms with Gasteiger partial charge in [0, 0.05) is 18.0 Å². The molecular weight excluding hydrogens is 218 g/mol. The molecule has 0 aromatic heterocycles. The van der Waals surface area contributed by atoms with E-state index in [1.165, 1.54) is 37.8 Å². The Morgan fingerprint density at radius 3 is 2.39 bits per heavy atom. The lowest BCUT2D eigenvalue weighted by Gasteiger charge is -2.54. The van der Waals surface area contributed by atoms with Crippen molar-refractivity contribution in [2.75, 3.05) is 6.54 Å². The fourth-order valence-electron chi connectivity index (χ4n) is 3.99. The zero-order valence-electron chi connectivity index (χ0n) is 11.9. The molecule has 2 fully saturated rings. The molecule has 3 rings (SSSR count). The lowest BCUT2D eigenvalue weighted by atomic mass is 9.51. The SMILES string of the molecule is Cc1ccccc1C1(CNC2CC2)CC(C)(C)C1. The van der Waals surface area contributed by atoms with Crippen LogP contribution in [0.15, 0.2) is 24.3 Å². The van der Waals surface area contributed by atoms with E-state index in [2.05, 4.69) is 50.4 Å². The molecule has 1 N–H and O–H groups in total. The summed E-state index contributed by atoms with van der Waals surface area (Å²) in [4.78, 5) is 0. The molecule has 0 amide bonds. The Bertz CT molecular complexity index is 435. The van der Waals surface area contributed by atoms with Crippen LogP contribution in [0.1, 0.15) is 50.7 Å². The Hall–Kier alpha value is -0.820. The van der Waals surface area contributed by atoms with Gasteiger partial charge in [-0.3, -0.25) is 0 Å². The summed E-state index contributed by atoms with van der Waals surface area (Å²) in [6.45, 7) is 8.24. The molecule has 0 radical (unpaired) electrons. The van der Waals surface area contributed by atoms with Crippen LogP contribution in [0.25, 0.3) is 0 Å². The number of hydrogen-bond donors (Lipinski definition) is 1. The van der Waals surface area contributed by atoms with Crippen molar-refractivity contribution in [3.05, 3.63) is 35.4 Å². The van der Waals surface area contributed by atoms with E-state index in [0.717, 1.165) is 6.04 Å². The van der Waals surface area contributed by atoms with Gasteiger partial charge >= 0.3 is 0 Å². The minimum Gasteiger partial charge on any atom is -0.313 e. The van der Waals surface area contributed by atoms with Crippen molar-refractivity contribution in [1.29, 1.82) is 0 Å². The van der Waals surface area contributed by atoms with Crippen LogP contribution in [0.4, 0.5) is 0 Å². The summed E-state index contributed by atoms with van der Waals surface area (Å²) in [6, 6.07) is 9.78. The summed E-state index contributed by atoms with van der Waals surface area (Å²) in [5.74, 6) is 0. The molecule has 0 spiro atoms. The van der Waals surface area contributed by atoms with Crippen molar-refractivity contribution in [2.24, 2.45) is 5.41 Å². The summed E-state index contributed by atoms with van der Waals surface area (Å²) >= 11 is 0. The van der Waals surface area contributed by atoms with E-state index < -0.39 is 0 Å². The average Bonchev–Trinajstić information content (AvgIpc) is 3.07. The normalized spacial score (nSPS) is 24.6. The molecule has 1 heteroatoms. The molecule has 2 aliphatic carbocycles. The van der Waals surface area contributed by atoms with Crippen molar-refractivity contribution in [2.45, 2.75) is 57.9 Å². The number of rotatable bonds is 4. The molecule has 1 aromatic rings. The first kappa shape index (κ1) is 12.2. The Morgan fingerprint density at radius 1 is 1.17 bits per heavy atom. The van der Waals surface area contributed by atoms with Gasteiger partial charge in [0.15, 0.2) is 0 Å². The number of hydrogen-bond acceptors (Lipinski definition) is 1. The van der Waals surface area contributed by atoms with Crippen LogP contribution in [0.5, 0.6) is 0 Å². The largest absolute Gasteiger partial charge is 0.313 e. The molecule has 1 aromatic carbocycles. The number of nitrogens with one attached hydrogen (secondary N) is 1. The van der Waals surface area contributed by atoms with Crippen molar-refractivity contribution in [1.82, 2.24) is 5.32 Å². The number of aryl methyl sites for hydroxylation is 1. The van der Waals surface area contributed by atoms with Crippen LogP contribution >= 0.6 is 0 Å². The Morgan fingerprint density at radius 2 is 1.83 bits per heavy atom. The molecule has 0 saturated heterocycles. The molecule has 0 atom stereocenters. The third-order valence-corrected chi connectivity index (χ3v) is 4.66. The predicted molar refractivity (Wildman–Crippen MR) is 76.9 cm³/mol. The first-order chi connectivity index (χ1) is 8.51. The van der Waals surface area contributed by atoms with E-state index in [0.29, 0.717) is 10.8 Å². The van der Waals surface area contributed by atoms with Crippen LogP contribution in [-0.4, -0.2) is 12.6 Å². The molecule has 2 saturated carbocycles. The van der Waals surface area contributed by atoms with Crippen molar-refractivity contribution < 1.29 is 0 Å². The van der Waals surface area contributed by atoms with Crippen LogP contribution in [0.3, 0.4) is 0 Å². The van der Waals surface area contributed by atoms with Crippen molar-refractivity contribution >= 4 is 0 Å². The van der Waals surface area contributed by atoms with Gasteiger partial charge in [-0.05, 0) is 49.1 Å². The van der Waals surface area contributed by atoms with Gasteiger partial charge in [0.25, 0.3) is 0 Å². The topological polar surface area (TPSA) is 12.0 Å². The van der Waals surface area contributed by atoms with Gasteiger partial charge in [0.2, 0.25) is 0 Å². The fourth-order valence-corrected chi connectivity index (χ4v) is 3.99. The van der Waals surface area contributed by atoms with Crippen LogP contribution in [0.2, 0.25) is 0 Å². The summed E-state index contributed by atoms with van der Waals surface area (Å²) in [6.07, 6.45) is 5.41. The predicted octanol–water partition coefficient (Wildman–Crippen LogP) is 3.80. The quantitative estimate of drug-likeness (QED) is 0.848. The van der Waals surface area contributed by atoms with E-state index in [1.807, 2.05) is 0 Å². The molecule has 98 valence electrons. The highest BCUT2D eigenvalue weighted by molar-refractivity contribution is 5.37. The second kappa shape index (κ2) is 4.09. The minimum atomic E-state index is 0.400. The summed E-state index contributed by atoms with van der Waals surface area (Å²) in [7, 11) is 0. The highest BCUT2D eigenvalue weighted by Crippen LogP contribution is 2.55. The second-order valence-electron chi connectivity index (χ2n) is 7.27. The van der Waals surface area contributed by atoms with Crippen molar-refractivity contribution in [3.63, 3.8) is 0 Å². The highest BCUT2D eigenvalue weighted by Gasteiger charge is 2.50. The lowest BCUT2D eigenvalue weighted by molar-refractivity contribution is 0.0555. The maximum atomic E-state index is 3.76. The van der Waals surface area contributed by atoms with Crippen LogP contribution in [-0.2, 0) is 5.41 Å². The smallest absolute Gasteiger partial charge is 0.00906 e. The molecule has 2 aliphatic rings. The molecule has 1 nitrogen and oxygen atoms in total. The van der Waals surface area contributed by atoms with E-state index in [-0.39, 0.29) is 0 Å². The van der Waals surface area contributed by atoms with E-state index in [9.17, 15) is 0 Å². The Kier molecular flexibility index (Phi) is 2.78. The zero-order chi connectivity index (χ0) is 12.8. The van der Waals surface area contributed by atoms with Gasteiger partial charge in [-0.2, -0.15) is 0 Å². The molecular formula is C17H25N. The Balaban J connectivity index is 1.83. The first-order valence-electron chi connectivity index (χ1n) is 7.30. The summed E-state index contributed by atoms with van der Waals surface area (Å²) in [5, 5.41) is 3.76. The summed E-state index contributed by atoms with van der Waals surface area (Å²) < 4.78 is 0. The lowest BCUT2D eigenvalue weighted by Crippen LogP contribution is -2.53. The maximum absolute atomic E-state index is 3.76. The van der Waals surface area contributed by atoms with Gasteiger partial charge in [0.1, 0.15) is 0 Å². The minimum absolute atomic E-state index is 0.400. The van der Waals surface area contributed by atoms with Crippen molar-refractivity contribution in [3.8, 4) is 0 Å². The van der Waals surface area contributed by atoms with E-state index in [4.69, 9.17) is 0 Å². The Labute approximate surface area is 111 Å². The molecule has 0 bridgehead atoms. The maximum Gasteiger partial charge on any atom is 0.00906 e. The van der Waals surface area contributed by atoms with Gasteiger partial charge < -0.3 is 5.32 Å². The molecule has 18 heavy (non-hydrogen) atoms. The summed E-state index contributed by atoms with van der Waals surface area (Å²) in [5.41, 5.74) is 3.97. The highest BCUT2D eigenvalue weighted by atomic mass is 15.0. The van der Waals surface area contributed by atoms with Gasteiger partial charge in [-0.15, -0.1) is 0 Å². The average molecular weight is 243 g/mol. The molecule has 0 heterocycles. The van der Waals surface area contributed by atoms with E-state index in [1.54, 1.807) is 5.56 Å². The van der Waals surface area contributed by atoms with Crippen LogP contribution < -0.4 is 5.32 Å². The number of benzene rings is 1. The fraction of sp³-hybridized carbons (Fsp3) is 0.647. The van der Waals surface area contributed by atoms with Gasteiger partial charge in [-0.1, -0.05) is 38.1 Å². The zero-order valence-corrected chi connectivity index (χ0v) is 11.9.